The molecule has 3 aromatic rings. The van der Waals surface area contributed by atoms with Crippen molar-refractivity contribution in [1.82, 2.24) is 14.9 Å². The monoisotopic (exact) mass is 309 g/mol. The van der Waals surface area contributed by atoms with Crippen molar-refractivity contribution in [2.24, 2.45) is 0 Å². The van der Waals surface area contributed by atoms with Crippen LogP contribution in [0.25, 0.3) is 10.9 Å². The van der Waals surface area contributed by atoms with Gasteiger partial charge in [0.15, 0.2) is 0 Å². The minimum absolute atomic E-state index is 0.0154. The maximum absolute atomic E-state index is 12.1. The lowest BCUT2D eigenvalue weighted by Crippen LogP contribution is -2.24. The smallest absolute Gasteiger partial charge is 0.222 e. The molecule has 5 nitrogen and oxygen atoms in total. The van der Waals surface area contributed by atoms with Gasteiger partial charge in [0, 0.05) is 42.9 Å². The Labute approximate surface area is 134 Å². The van der Waals surface area contributed by atoms with Crippen LogP contribution in [0.1, 0.15) is 12.0 Å². The van der Waals surface area contributed by atoms with Gasteiger partial charge < -0.3 is 14.6 Å². The summed E-state index contributed by atoms with van der Waals surface area (Å²) in [6.07, 6.45) is 6.00. The molecule has 23 heavy (non-hydrogen) atoms. The summed E-state index contributed by atoms with van der Waals surface area (Å²) in [5.41, 5.74) is 2.02. The summed E-state index contributed by atoms with van der Waals surface area (Å²) in [5, 5.41) is 4.07. The maximum atomic E-state index is 12.1. The minimum atomic E-state index is 0.0154. The Morgan fingerprint density at radius 1 is 1.26 bits per heavy atom. The summed E-state index contributed by atoms with van der Waals surface area (Å²) in [7, 11) is 1.63. The van der Waals surface area contributed by atoms with Gasteiger partial charge in [-0.3, -0.25) is 9.78 Å². The number of para-hydroxylation sites is 1. The molecule has 0 aliphatic carbocycles. The number of carbonyl (C=O) groups is 1. The number of pyridine rings is 1. The molecule has 0 aliphatic rings. The fourth-order valence-corrected chi connectivity index (χ4v) is 2.58. The number of nitrogens with one attached hydrogen (secondary N) is 1. The summed E-state index contributed by atoms with van der Waals surface area (Å²) >= 11 is 0. The van der Waals surface area contributed by atoms with Crippen LogP contribution in [-0.4, -0.2) is 22.6 Å². The Kier molecular flexibility index (Phi) is 4.57. The van der Waals surface area contributed by atoms with E-state index in [1.165, 1.54) is 0 Å². The third-order valence-electron chi connectivity index (χ3n) is 3.82. The molecule has 2 heterocycles. The average molecular weight is 309 g/mol. The van der Waals surface area contributed by atoms with Crippen molar-refractivity contribution in [3.8, 4) is 5.75 Å². The molecule has 0 spiro atoms. The number of aromatic nitrogens is 2. The van der Waals surface area contributed by atoms with E-state index in [-0.39, 0.29) is 5.91 Å². The second-order valence-electron chi connectivity index (χ2n) is 5.28. The largest absolute Gasteiger partial charge is 0.496 e. The molecule has 0 saturated carbocycles. The molecule has 0 fully saturated rings. The number of rotatable bonds is 6. The second-order valence-corrected chi connectivity index (χ2v) is 5.28. The highest BCUT2D eigenvalue weighted by Gasteiger charge is 2.06. The molecule has 0 saturated heterocycles. The number of nitrogens with zero attached hydrogens (tertiary/aromatic N) is 2. The predicted molar refractivity (Wildman–Crippen MR) is 89.2 cm³/mol. The molecule has 5 heteroatoms. The highest BCUT2D eigenvalue weighted by atomic mass is 16.5. The standard InChI is InChI=1S/C18H19N3O2/c1-23-17-5-3-2-4-15(17)12-20-18(22)8-11-21-10-7-14-6-9-19-13-16(14)21/h2-7,9-10,13H,8,11-12H2,1H3,(H,20,22). The molecular formula is C18H19N3O2. The van der Waals surface area contributed by atoms with Crippen molar-refractivity contribution >= 4 is 16.8 Å². The molecule has 118 valence electrons. The number of amides is 1. The number of ether oxygens (including phenoxy) is 1. The van der Waals surface area contributed by atoms with Crippen molar-refractivity contribution in [1.29, 1.82) is 0 Å². The summed E-state index contributed by atoms with van der Waals surface area (Å²) in [6, 6.07) is 11.7. The van der Waals surface area contributed by atoms with Gasteiger partial charge in [-0.25, -0.2) is 0 Å². The van der Waals surface area contributed by atoms with Gasteiger partial charge in [0.05, 0.1) is 18.8 Å². The van der Waals surface area contributed by atoms with Crippen LogP contribution in [0.5, 0.6) is 5.75 Å². The molecule has 3 rings (SSSR count). The highest BCUT2D eigenvalue weighted by molar-refractivity contribution is 5.79. The topological polar surface area (TPSA) is 56.1 Å². The SMILES string of the molecule is COc1ccccc1CNC(=O)CCn1ccc2ccncc21. The average Bonchev–Trinajstić information content (AvgIpc) is 3.01. The molecule has 1 N–H and O–H groups in total. The molecule has 0 bridgehead atoms. The van der Waals surface area contributed by atoms with E-state index >= 15 is 0 Å². The Morgan fingerprint density at radius 2 is 2.13 bits per heavy atom. The summed E-state index contributed by atoms with van der Waals surface area (Å²) < 4.78 is 7.33. The maximum Gasteiger partial charge on any atom is 0.222 e. The van der Waals surface area contributed by atoms with E-state index in [9.17, 15) is 4.79 Å². The number of hydrogen-bond donors (Lipinski definition) is 1. The number of benzene rings is 1. The van der Waals surface area contributed by atoms with E-state index in [4.69, 9.17) is 4.74 Å². The molecule has 2 aromatic heterocycles. The summed E-state index contributed by atoms with van der Waals surface area (Å²) in [6.45, 7) is 1.10. The van der Waals surface area contributed by atoms with E-state index in [2.05, 4.69) is 10.3 Å². The zero-order chi connectivity index (χ0) is 16.1. The van der Waals surface area contributed by atoms with E-state index in [1.54, 1.807) is 13.3 Å². The fourth-order valence-electron chi connectivity index (χ4n) is 2.58. The molecule has 1 amide bonds. The lowest BCUT2D eigenvalue weighted by Gasteiger charge is -2.10. The zero-order valence-corrected chi connectivity index (χ0v) is 13.0. The van der Waals surface area contributed by atoms with Crippen molar-refractivity contribution in [2.75, 3.05) is 7.11 Å². The van der Waals surface area contributed by atoms with Gasteiger partial charge in [-0.15, -0.1) is 0 Å². The first-order chi connectivity index (χ1) is 11.3. The predicted octanol–water partition coefficient (Wildman–Crippen LogP) is 2.75. The Hall–Kier alpha value is -2.82. The third-order valence-corrected chi connectivity index (χ3v) is 3.82. The molecule has 0 aliphatic heterocycles. The number of carbonyl (C=O) groups excluding carboxylic acids is 1. The highest BCUT2D eigenvalue weighted by Crippen LogP contribution is 2.17. The number of aryl methyl sites for hydroxylation is 1. The van der Waals surface area contributed by atoms with Gasteiger partial charge in [-0.05, 0) is 18.2 Å². The first kappa shape index (κ1) is 15.1. The van der Waals surface area contributed by atoms with Crippen LogP contribution in [-0.2, 0) is 17.9 Å². The van der Waals surface area contributed by atoms with Crippen LogP contribution in [0.4, 0.5) is 0 Å². The Bertz CT molecular complexity index is 811. The van der Waals surface area contributed by atoms with E-state index in [0.29, 0.717) is 19.5 Å². The lowest BCUT2D eigenvalue weighted by molar-refractivity contribution is -0.121. The lowest BCUT2D eigenvalue weighted by atomic mass is 10.2. The van der Waals surface area contributed by atoms with Crippen LogP contribution in [0.3, 0.4) is 0 Å². The van der Waals surface area contributed by atoms with E-state index in [0.717, 1.165) is 22.2 Å². The van der Waals surface area contributed by atoms with Crippen molar-refractivity contribution in [3.63, 3.8) is 0 Å². The van der Waals surface area contributed by atoms with E-state index < -0.39 is 0 Å². The van der Waals surface area contributed by atoms with Gasteiger partial charge in [-0.1, -0.05) is 18.2 Å². The zero-order valence-electron chi connectivity index (χ0n) is 13.0. The summed E-state index contributed by atoms with van der Waals surface area (Å²) in [4.78, 5) is 16.2. The molecular weight excluding hydrogens is 290 g/mol. The second kappa shape index (κ2) is 6.96. The minimum Gasteiger partial charge on any atom is -0.496 e. The number of methoxy groups -OCH3 is 1. The normalized spacial score (nSPS) is 10.7. The molecule has 0 atom stereocenters. The Morgan fingerprint density at radius 3 is 3.00 bits per heavy atom. The number of hydrogen-bond acceptors (Lipinski definition) is 3. The van der Waals surface area contributed by atoms with Crippen LogP contribution >= 0.6 is 0 Å². The van der Waals surface area contributed by atoms with Crippen LogP contribution in [0, 0.1) is 0 Å². The third kappa shape index (κ3) is 3.51. The van der Waals surface area contributed by atoms with Gasteiger partial charge in [0.2, 0.25) is 5.91 Å². The Balaban J connectivity index is 1.56. The number of fused-ring (bicyclic) bond motifs is 1. The first-order valence-electron chi connectivity index (χ1n) is 7.55. The molecule has 0 radical (unpaired) electrons. The van der Waals surface area contributed by atoms with Crippen LogP contribution in [0.15, 0.2) is 55.0 Å². The van der Waals surface area contributed by atoms with Crippen molar-refractivity contribution in [3.05, 3.63) is 60.6 Å². The quantitative estimate of drug-likeness (QED) is 0.762. The first-order valence-corrected chi connectivity index (χ1v) is 7.55. The molecule has 1 aromatic carbocycles. The molecule has 0 unspecified atom stereocenters. The van der Waals surface area contributed by atoms with Crippen molar-refractivity contribution < 1.29 is 9.53 Å². The van der Waals surface area contributed by atoms with Gasteiger partial charge >= 0.3 is 0 Å². The summed E-state index contributed by atoms with van der Waals surface area (Å²) in [5.74, 6) is 0.803. The fraction of sp³-hybridized carbons (Fsp3) is 0.222. The van der Waals surface area contributed by atoms with Gasteiger partial charge in [-0.2, -0.15) is 0 Å². The van der Waals surface area contributed by atoms with E-state index in [1.807, 2.05) is 53.4 Å². The van der Waals surface area contributed by atoms with Crippen LogP contribution < -0.4 is 10.1 Å². The van der Waals surface area contributed by atoms with Gasteiger partial charge in [0.1, 0.15) is 5.75 Å². The van der Waals surface area contributed by atoms with Gasteiger partial charge in [0.25, 0.3) is 0 Å². The van der Waals surface area contributed by atoms with Crippen molar-refractivity contribution in [2.45, 2.75) is 19.5 Å². The van der Waals surface area contributed by atoms with Crippen LogP contribution in [0.2, 0.25) is 0 Å².